The lowest BCUT2D eigenvalue weighted by Gasteiger charge is -2.37. The molecule has 1 aliphatic heterocycles. The number of aromatic nitrogens is 2. The van der Waals surface area contributed by atoms with E-state index in [1.54, 1.807) is 0 Å². The summed E-state index contributed by atoms with van der Waals surface area (Å²) in [5.74, 6) is 1.53. The number of hydrogen-bond donors (Lipinski definition) is 0. The van der Waals surface area contributed by atoms with Crippen LogP contribution in [0.3, 0.4) is 0 Å². The van der Waals surface area contributed by atoms with Gasteiger partial charge in [0.25, 0.3) is 0 Å². The van der Waals surface area contributed by atoms with Gasteiger partial charge in [-0.2, -0.15) is 4.98 Å². The second kappa shape index (κ2) is 7.78. The average molecular weight is 343 g/mol. The van der Waals surface area contributed by atoms with Gasteiger partial charge in [-0.25, -0.2) is 0 Å². The third-order valence-electron chi connectivity index (χ3n) is 4.34. The van der Waals surface area contributed by atoms with E-state index in [0.717, 1.165) is 5.56 Å². The minimum atomic E-state index is -0.0788. The number of hydrogen-bond acceptors (Lipinski definition) is 5. The maximum atomic E-state index is 12.6. The van der Waals surface area contributed by atoms with Gasteiger partial charge in [0.05, 0.1) is 12.6 Å². The largest absolute Gasteiger partial charge is 0.367 e. The average Bonchev–Trinajstić information content (AvgIpc) is 3.09. The first kappa shape index (κ1) is 17.6. The van der Waals surface area contributed by atoms with Crippen molar-refractivity contribution in [1.82, 2.24) is 15.0 Å². The predicted molar refractivity (Wildman–Crippen MR) is 93.0 cm³/mol. The van der Waals surface area contributed by atoms with Crippen LogP contribution in [0.15, 0.2) is 34.9 Å². The molecule has 134 valence electrons. The van der Waals surface area contributed by atoms with Crippen molar-refractivity contribution >= 4 is 5.91 Å². The first-order valence-corrected chi connectivity index (χ1v) is 8.83. The Hall–Kier alpha value is -2.21. The zero-order valence-electron chi connectivity index (χ0n) is 15.0. The second-order valence-electron chi connectivity index (χ2n) is 6.85. The van der Waals surface area contributed by atoms with Gasteiger partial charge in [-0.15, -0.1) is 0 Å². The van der Waals surface area contributed by atoms with Crippen LogP contribution in [-0.4, -0.2) is 40.1 Å². The standard InChI is InChI=1S/C19H25N3O3/c1-13(2)19-20-17(25-21-19)9-10-18(23)22-11-14(3)24-16(12-22)15-7-5-4-6-8-15/h4-8,13-14,16H,9-12H2,1-3H3/t14-,16+/m1/s1. The van der Waals surface area contributed by atoms with Crippen LogP contribution in [-0.2, 0) is 16.0 Å². The fourth-order valence-electron chi connectivity index (χ4n) is 2.98. The molecule has 2 atom stereocenters. The van der Waals surface area contributed by atoms with Crippen molar-refractivity contribution in [2.45, 2.75) is 51.7 Å². The lowest BCUT2D eigenvalue weighted by Crippen LogP contribution is -2.46. The molecule has 1 aromatic heterocycles. The van der Waals surface area contributed by atoms with E-state index in [1.807, 2.05) is 56.0 Å². The predicted octanol–water partition coefficient (Wildman–Crippen LogP) is 3.11. The van der Waals surface area contributed by atoms with Crippen molar-refractivity contribution in [1.29, 1.82) is 0 Å². The quantitative estimate of drug-likeness (QED) is 0.834. The molecule has 1 fully saturated rings. The van der Waals surface area contributed by atoms with E-state index in [2.05, 4.69) is 10.1 Å². The number of nitrogens with zero attached hydrogens (tertiary/aromatic N) is 3. The molecule has 1 amide bonds. The monoisotopic (exact) mass is 343 g/mol. The zero-order chi connectivity index (χ0) is 17.8. The van der Waals surface area contributed by atoms with Crippen LogP contribution in [0.1, 0.15) is 56.5 Å². The Morgan fingerprint density at radius 3 is 2.72 bits per heavy atom. The smallest absolute Gasteiger partial charge is 0.227 e. The van der Waals surface area contributed by atoms with Gasteiger partial charge in [-0.05, 0) is 12.5 Å². The summed E-state index contributed by atoms with van der Waals surface area (Å²) in [4.78, 5) is 18.8. The van der Waals surface area contributed by atoms with Crippen molar-refractivity contribution in [2.24, 2.45) is 0 Å². The van der Waals surface area contributed by atoms with Gasteiger partial charge in [0.2, 0.25) is 11.8 Å². The van der Waals surface area contributed by atoms with Gasteiger partial charge in [0, 0.05) is 25.3 Å². The lowest BCUT2D eigenvalue weighted by molar-refractivity contribution is -0.144. The van der Waals surface area contributed by atoms with Crippen molar-refractivity contribution in [3.63, 3.8) is 0 Å². The molecule has 1 aliphatic rings. The van der Waals surface area contributed by atoms with Crippen LogP contribution in [0, 0.1) is 0 Å². The number of rotatable bonds is 5. The molecule has 25 heavy (non-hydrogen) atoms. The molecule has 0 spiro atoms. The Bertz CT molecular complexity index is 699. The summed E-state index contributed by atoms with van der Waals surface area (Å²) >= 11 is 0. The molecular weight excluding hydrogens is 318 g/mol. The Kier molecular flexibility index (Phi) is 5.48. The van der Waals surface area contributed by atoms with E-state index in [-0.39, 0.29) is 24.0 Å². The fourth-order valence-corrected chi connectivity index (χ4v) is 2.98. The van der Waals surface area contributed by atoms with E-state index in [9.17, 15) is 4.79 Å². The highest BCUT2D eigenvalue weighted by Gasteiger charge is 2.29. The number of amides is 1. The molecule has 1 saturated heterocycles. The maximum absolute atomic E-state index is 12.6. The first-order valence-electron chi connectivity index (χ1n) is 8.83. The summed E-state index contributed by atoms with van der Waals surface area (Å²) in [5, 5.41) is 3.94. The molecule has 2 heterocycles. The van der Waals surface area contributed by atoms with Gasteiger partial charge in [-0.3, -0.25) is 4.79 Å². The number of morpholine rings is 1. The Morgan fingerprint density at radius 1 is 1.28 bits per heavy atom. The summed E-state index contributed by atoms with van der Waals surface area (Å²) in [6, 6.07) is 10.0. The van der Waals surface area contributed by atoms with E-state index in [1.165, 1.54) is 0 Å². The topological polar surface area (TPSA) is 68.5 Å². The fraction of sp³-hybridized carbons (Fsp3) is 0.526. The van der Waals surface area contributed by atoms with Gasteiger partial charge < -0.3 is 14.2 Å². The summed E-state index contributed by atoms with van der Waals surface area (Å²) < 4.78 is 11.2. The van der Waals surface area contributed by atoms with Gasteiger partial charge in [-0.1, -0.05) is 49.3 Å². The highest BCUT2D eigenvalue weighted by molar-refractivity contribution is 5.76. The van der Waals surface area contributed by atoms with E-state index >= 15 is 0 Å². The second-order valence-corrected chi connectivity index (χ2v) is 6.85. The van der Waals surface area contributed by atoms with Crippen molar-refractivity contribution in [2.75, 3.05) is 13.1 Å². The molecule has 0 N–H and O–H groups in total. The molecular formula is C19H25N3O3. The van der Waals surface area contributed by atoms with E-state index in [4.69, 9.17) is 9.26 Å². The van der Waals surface area contributed by atoms with Crippen molar-refractivity contribution in [3.8, 4) is 0 Å². The van der Waals surface area contributed by atoms with Crippen molar-refractivity contribution in [3.05, 3.63) is 47.6 Å². The van der Waals surface area contributed by atoms with Crippen LogP contribution >= 0.6 is 0 Å². The Labute approximate surface area is 148 Å². The molecule has 0 bridgehead atoms. The van der Waals surface area contributed by atoms with Gasteiger partial charge >= 0.3 is 0 Å². The molecule has 0 aliphatic carbocycles. The number of aryl methyl sites for hydroxylation is 1. The first-order chi connectivity index (χ1) is 12.0. The minimum absolute atomic E-state index is 0.0128. The third kappa shape index (κ3) is 4.45. The van der Waals surface area contributed by atoms with Crippen LogP contribution in [0.4, 0.5) is 0 Å². The highest BCUT2D eigenvalue weighted by atomic mass is 16.5. The Balaban J connectivity index is 1.59. The summed E-state index contributed by atoms with van der Waals surface area (Å²) in [7, 11) is 0. The van der Waals surface area contributed by atoms with Crippen LogP contribution in [0.5, 0.6) is 0 Å². The number of carbonyl (C=O) groups excluding carboxylic acids is 1. The zero-order valence-corrected chi connectivity index (χ0v) is 15.0. The summed E-state index contributed by atoms with van der Waals surface area (Å²) in [5.41, 5.74) is 1.10. The maximum Gasteiger partial charge on any atom is 0.227 e. The molecule has 6 nitrogen and oxygen atoms in total. The van der Waals surface area contributed by atoms with E-state index in [0.29, 0.717) is 37.6 Å². The highest BCUT2D eigenvalue weighted by Crippen LogP contribution is 2.25. The summed E-state index contributed by atoms with van der Waals surface area (Å²) in [6.45, 7) is 7.22. The molecule has 1 aromatic carbocycles. The number of carbonyl (C=O) groups is 1. The minimum Gasteiger partial charge on any atom is -0.367 e. The van der Waals surface area contributed by atoms with Gasteiger partial charge in [0.1, 0.15) is 6.10 Å². The van der Waals surface area contributed by atoms with Crippen LogP contribution < -0.4 is 0 Å². The van der Waals surface area contributed by atoms with Gasteiger partial charge in [0.15, 0.2) is 5.82 Å². The third-order valence-corrected chi connectivity index (χ3v) is 4.34. The van der Waals surface area contributed by atoms with Crippen molar-refractivity contribution < 1.29 is 14.1 Å². The molecule has 0 radical (unpaired) electrons. The SMILES string of the molecule is CC(C)c1noc(CCC(=O)N2C[C@@H](C)O[C@H](c3ccccc3)C2)n1. The van der Waals surface area contributed by atoms with Crippen LogP contribution in [0.25, 0.3) is 0 Å². The molecule has 0 unspecified atom stereocenters. The molecule has 0 saturated carbocycles. The number of benzene rings is 1. The number of ether oxygens (including phenoxy) is 1. The molecule has 3 rings (SSSR count). The molecule has 2 aromatic rings. The Morgan fingerprint density at radius 2 is 2.04 bits per heavy atom. The van der Waals surface area contributed by atoms with Crippen LogP contribution in [0.2, 0.25) is 0 Å². The lowest BCUT2D eigenvalue weighted by atomic mass is 10.1. The normalized spacial score (nSPS) is 20.9. The summed E-state index contributed by atoms with van der Waals surface area (Å²) in [6.07, 6.45) is 0.776. The van der Waals surface area contributed by atoms with E-state index < -0.39 is 0 Å². The molecule has 6 heteroatoms.